The highest BCUT2D eigenvalue weighted by Gasteiger charge is 2.18. The molecule has 2 aromatic carbocycles. The van der Waals surface area contributed by atoms with E-state index < -0.39 is 5.76 Å². The predicted molar refractivity (Wildman–Crippen MR) is 117 cm³/mol. The number of nitrogens with one attached hydrogen (secondary N) is 1. The fourth-order valence-corrected chi connectivity index (χ4v) is 3.97. The van der Waals surface area contributed by atoms with Gasteiger partial charge in [0.25, 0.3) is 5.76 Å². The molecule has 0 fully saturated rings. The molecule has 0 aliphatic heterocycles. The van der Waals surface area contributed by atoms with Gasteiger partial charge in [-0.1, -0.05) is 30.4 Å². The summed E-state index contributed by atoms with van der Waals surface area (Å²) in [5, 5.41) is 11.8. The first-order valence-corrected chi connectivity index (χ1v) is 11.4. The number of nitrogens with zero attached hydrogens (tertiary/aromatic N) is 3. The topological polar surface area (TPSA) is 59.8 Å². The molecule has 1 aromatic heterocycles. The summed E-state index contributed by atoms with van der Waals surface area (Å²) >= 11 is 1.67. The maximum absolute atomic E-state index is 13.4. The number of carbonyl (C=O) groups excluding carboxylic acids is 1. The number of hydrogen-bond donors (Lipinski definition) is 1. The van der Waals surface area contributed by atoms with E-state index in [-0.39, 0.29) is 23.5 Å². The highest BCUT2D eigenvalue weighted by atomic mass is 32.2. The number of aromatic nitrogens is 3. The normalized spacial score (nSPS) is 12.2. The van der Waals surface area contributed by atoms with Gasteiger partial charge < -0.3 is 5.32 Å². The second kappa shape index (κ2) is 10.7. The summed E-state index contributed by atoms with van der Waals surface area (Å²) in [6.07, 6.45) is 0.824. The molecule has 0 saturated heterocycles. The van der Waals surface area contributed by atoms with Crippen molar-refractivity contribution in [3.8, 4) is 17.1 Å². The molecule has 1 N–H and O–H groups in total. The molecule has 5 nitrogen and oxygen atoms in total. The van der Waals surface area contributed by atoms with Crippen LogP contribution in [0.5, 0.6) is 0 Å². The van der Waals surface area contributed by atoms with Crippen LogP contribution >= 0.6 is 23.5 Å². The quantitative estimate of drug-likeness (QED) is 0.428. The summed E-state index contributed by atoms with van der Waals surface area (Å²) in [4.78, 5) is 12.6. The number of rotatable bonds is 9. The molecule has 3 aromatic rings. The van der Waals surface area contributed by atoms with E-state index in [2.05, 4.69) is 15.5 Å². The van der Waals surface area contributed by atoms with Gasteiger partial charge in [-0.25, -0.2) is 4.39 Å². The van der Waals surface area contributed by atoms with E-state index in [1.807, 2.05) is 13.8 Å². The van der Waals surface area contributed by atoms with Gasteiger partial charge in [0.1, 0.15) is 5.82 Å². The lowest BCUT2D eigenvalue weighted by Crippen LogP contribution is -2.33. The molecule has 0 unspecified atom stereocenters. The van der Waals surface area contributed by atoms with Gasteiger partial charge in [-0.2, -0.15) is 8.78 Å². The second-order valence-electron chi connectivity index (χ2n) is 6.69. The van der Waals surface area contributed by atoms with Crippen molar-refractivity contribution < 1.29 is 18.0 Å². The van der Waals surface area contributed by atoms with Crippen molar-refractivity contribution in [2.24, 2.45) is 0 Å². The molecule has 31 heavy (non-hydrogen) atoms. The first-order valence-electron chi connectivity index (χ1n) is 9.56. The SMILES string of the molecule is CC[C@@H](C)NC(=O)CSc1nnc(-c2ccc(F)cc2)n1-c1ccc(SC(F)F)cc1. The summed E-state index contributed by atoms with van der Waals surface area (Å²) in [5.74, 6) is -2.41. The Hall–Kier alpha value is -2.46. The van der Waals surface area contributed by atoms with Crippen LogP contribution in [0.3, 0.4) is 0 Å². The minimum Gasteiger partial charge on any atom is -0.353 e. The number of amides is 1. The number of carbonyl (C=O) groups is 1. The lowest BCUT2D eigenvalue weighted by molar-refractivity contribution is -0.119. The van der Waals surface area contributed by atoms with Gasteiger partial charge in [0.2, 0.25) is 5.91 Å². The van der Waals surface area contributed by atoms with E-state index in [0.29, 0.717) is 38.9 Å². The fraction of sp³-hybridized carbons (Fsp3) is 0.286. The minimum absolute atomic E-state index is 0.0700. The molecule has 0 spiro atoms. The zero-order valence-electron chi connectivity index (χ0n) is 16.9. The van der Waals surface area contributed by atoms with Crippen molar-refractivity contribution >= 4 is 29.4 Å². The van der Waals surface area contributed by atoms with E-state index >= 15 is 0 Å². The maximum Gasteiger partial charge on any atom is 0.288 e. The Bertz CT molecular complexity index is 1010. The molecular formula is C21H21F3N4OS2. The van der Waals surface area contributed by atoms with Crippen LogP contribution in [0.1, 0.15) is 20.3 Å². The summed E-state index contributed by atoms with van der Waals surface area (Å²) in [5.41, 5.74) is 1.28. The zero-order valence-corrected chi connectivity index (χ0v) is 18.5. The predicted octanol–water partition coefficient (Wildman–Crippen LogP) is 5.39. The van der Waals surface area contributed by atoms with Crippen molar-refractivity contribution in [3.05, 3.63) is 54.3 Å². The van der Waals surface area contributed by atoms with Gasteiger partial charge in [0, 0.05) is 22.2 Å². The highest BCUT2D eigenvalue weighted by molar-refractivity contribution is 8.00. The van der Waals surface area contributed by atoms with Crippen molar-refractivity contribution in [1.29, 1.82) is 0 Å². The molecule has 0 aliphatic carbocycles. The molecule has 1 heterocycles. The lowest BCUT2D eigenvalue weighted by atomic mass is 10.2. The smallest absolute Gasteiger partial charge is 0.288 e. The zero-order chi connectivity index (χ0) is 22.4. The van der Waals surface area contributed by atoms with Crippen LogP contribution in [0.2, 0.25) is 0 Å². The summed E-state index contributed by atoms with van der Waals surface area (Å²) in [6, 6.07) is 12.4. The lowest BCUT2D eigenvalue weighted by Gasteiger charge is -2.13. The Labute approximate surface area is 186 Å². The van der Waals surface area contributed by atoms with E-state index in [9.17, 15) is 18.0 Å². The molecule has 1 amide bonds. The molecule has 10 heteroatoms. The number of alkyl halides is 2. The van der Waals surface area contributed by atoms with Crippen molar-refractivity contribution in [3.63, 3.8) is 0 Å². The van der Waals surface area contributed by atoms with E-state index in [1.165, 1.54) is 23.9 Å². The second-order valence-corrected chi connectivity index (χ2v) is 8.69. The van der Waals surface area contributed by atoms with E-state index in [4.69, 9.17) is 0 Å². The van der Waals surface area contributed by atoms with E-state index in [0.717, 1.165) is 6.42 Å². The summed E-state index contributed by atoms with van der Waals surface area (Å²) in [6.45, 7) is 3.91. The third kappa shape index (κ3) is 6.27. The van der Waals surface area contributed by atoms with Crippen molar-refractivity contribution in [2.45, 2.75) is 42.1 Å². The van der Waals surface area contributed by atoms with Gasteiger partial charge in [-0.3, -0.25) is 9.36 Å². The average molecular weight is 467 g/mol. The number of hydrogen-bond acceptors (Lipinski definition) is 5. The van der Waals surface area contributed by atoms with Gasteiger partial charge in [0.05, 0.1) is 5.75 Å². The van der Waals surface area contributed by atoms with E-state index in [1.54, 1.807) is 41.0 Å². The number of halogens is 3. The van der Waals surface area contributed by atoms with Crippen LogP contribution in [-0.4, -0.2) is 38.2 Å². The van der Waals surface area contributed by atoms with Gasteiger partial charge >= 0.3 is 0 Å². The largest absolute Gasteiger partial charge is 0.353 e. The summed E-state index contributed by atoms with van der Waals surface area (Å²) in [7, 11) is 0. The Balaban J connectivity index is 1.92. The van der Waals surface area contributed by atoms with Gasteiger partial charge in [-0.15, -0.1) is 10.2 Å². The molecule has 0 bridgehead atoms. The maximum atomic E-state index is 13.4. The monoisotopic (exact) mass is 466 g/mol. The van der Waals surface area contributed by atoms with Gasteiger partial charge in [-0.05, 0) is 61.9 Å². The van der Waals surface area contributed by atoms with Crippen molar-refractivity contribution in [1.82, 2.24) is 20.1 Å². The Morgan fingerprint density at radius 2 is 1.77 bits per heavy atom. The molecule has 3 rings (SSSR count). The fourth-order valence-electron chi connectivity index (χ4n) is 2.71. The molecule has 0 saturated carbocycles. The Morgan fingerprint density at radius 3 is 2.39 bits per heavy atom. The van der Waals surface area contributed by atoms with Crippen LogP contribution in [0.25, 0.3) is 17.1 Å². The standard InChI is InChI=1S/C21H21F3N4OS2/c1-3-13(2)25-18(29)12-30-21-27-26-19(14-4-6-15(22)7-5-14)28(21)16-8-10-17(11-9-16)31-20(23)24/h4-11,13,20H,3,12H2,1-2H3,(H,25,29)/t13-/m1/s1. The number of thioether (sulfide) groups is 2. The molecule has 0 aliphatic rings. The molecule has 1 atom stereocenters. The molecule has 0 radical (unpaired) electrons. The number of benzene rings is 2. The van der Waals surface area contributed by atoms with Crippen LogP contribution in [0.4, 0.5) is 13.2 Å². The van der Waals surface area contributed by atoms with Crippen LogP contribution in [0, 0.1) is 5.82 Å². The van der Waals surface area contributed by atoms with Gasteiger partial charge in [0.15, 0.2) is 11.0 Å². The van der Waals surface area contributed by atoms with Crippen LogP contribution in [0.15, 0.2) is 58.6 Å². The third-order valence-electron chi connectivity index (χ3n) is 4.41. The third-order valence-corrected chi connectivity index (χ3v) is 6.06. The first kappa shape index (κ1) is 23.2. The minimum atomic E-state index is -2.51. The van der Waals surface area contributed by atoms with Crippen LogP contribution in [-0.2, 0) is 4.79 Å². The van der Waals surface area contributed by atoms with Crippen molar-refractivity contribution in [2.75, 3.05) is 5.75 Å². The molecular weight excluding hydrogens is 445 g/mol. The Kier molecular flexibility index (Phi) is 8.03. The Morgan fingerprint density at radius 1 is 1.10 bits per heavy atom. The average Bonchev–Trinajstić information content (AvgIpc) is 3.16. The van der Waals surface area contributed by atoms with Crippen LogP contribution < -0.4 is 5.32 Å². The first-order chi connectivity index (χ1) is 14.9. The molecule has 164 valence electrons. The highest BCUT2D eigenvalue weighted by Crippen LogP contribution is 2.30. The summed E-state index contributed by atoms with van der Waals surface area (Å²) < 4.78 is 40.4.